The van der Waals surface area contributed by atoms with Crippen LogP contribution in [0.4, 0.5) is 0 Å². The molecule has 0 unspecified atom stereocenters. The summed E-state index contributed by atoms with van der Waals surface area (Å²) >= 11 is 0. The highest BCUT2D eigenvalue weighted by molar-refractivity contribution is 7.46. The van der Waals surface area contributed by atoms with Crippen molar-refractivity contribution >= 4 is 19.8 Å². The summed E-state index contributed by atoms with van der Waals surface area (Å²) in [6.07, 6.45) is 2.12. The van der Waals surface area contributed by atoms with Crippen LogP contribution >= 0.6 is 7.82 Å². The molecule has 0 amide bonds. The van der Waals surface area contributed by atoms with Gasteiger partial charge in [0.05, 0.1) is 24.9 Å². The molecule has 3 rings (SSSR count). The topological polar surface area (TPSA) is 155 Å². The highest BCUT2D eigenvalue weighted by atomic mass is 31.2. The Labute approximate surface area is 178 Å². The SMILES string of the molecule is COC(=O)C1=CO[C@@H](OP(=O)(O)O)[C@@H]2C(COC(=O)[C@@H](N)Cc3ccccc3)=CC[C@H]12. The molecule has 4 N–H and O–H groups in total. The van der Waals surface area contributed by atoms with Crippen LogP contribution in [-0.2, 0) is 39.3 Å². The number of hydrogen-bond donors (Lipinski definition) is 3. The highest BCUT2D eigenvalue weighted by Crippen LogP contribution is 2.48. The van der Waals surface area contributed by atoms with E-state index in [9.17, 15) is 23.9 Å². The number of hydrogen-bond acceptors (Lipinski definition) is 8. The summed E-state index contributed by atoms with van der Waals surface area (Å²) in [5, 5.41) is 0. The lowest BCUT2D eigenvalue weighted by Crippen LogP contribution is -2.38. The molecule has 1 heterocycles. The molecule has 2 aliphatic rings. The molecule has 0 saturated carbocycles. The molecule has 31 heavy (non-hydrogen) atoms. The monoisotopic (exact) mass is 453 g/mol. The Morgan fingerprint density at radius 2 is 2.00 bits per heavy atom. The van der Waals surface area contributed by atoms with Gasteiger partial charge in [0.25, 0.3) is 0 Å². The normalized spacial score (nSPS) is 23.7. The zero-order valence-corrected chi connectivity index (χ0v) is 17.6. The predicted octanol–water partition coefficient (Wildman–Crippen LogP) is 1.18. The first-order chi connectivity index (χ1) is 14.7. The fourth-order valence-electron chi connectivity index (χ4n) is 3.73. The van der Waals surface area contributed by atoms with Crippen LogP contribution < -0.4 is 5.73 Å². The minimum absolute atomic E-state index is 0.179. The highest BCUT2D eigenvalue weighted by Gasteiger charge is 2.47. The Hall–Kier alpha value is -2.49. The van der Waals surface area contributed by atoms with Crippen LogP contribution in [0.3, 0.4) is 0 Å². The zero-order chi connectivity index (χ0) is 22.6. The minimum atomic E-state index is -4.88. The van der Waals surface area contributed by atoms with Gasteiger partial charge < -0.3 is 29.7 Å². The van der Waals surface area contributed by atoms with Crippen LogP contribution in [0.1, 0.15) is 12.0 Å². The smallest absolute Gasteiger partial charge is 0.471 e. The van der Waals surface area contributed by atoms with E-state index >= 15 is 0 Å². The lowest BCUT2D eigenvalue weighted by atomic mass is 9.83. The lowest BCUT2D eigenvalue weighted by Gasteiger charge is -2.34. The van der Waals surface area contributed by atoms with Crippen LogP contribution in [0.5, 0.6) is 0 Å². The van der Waals surface area contributed by atoms with Gasteiger partial charge in [0.1, 0.15) is 12.6 Å². The first-order valence-electron chi connectivity index (χ1n) is 9.52. The van der Waals surface area contributed by atoms with Gasteiger partial charge >= 0.3 is 19.8 Å². The van der Waals surface area contributed by atoms with Gasteiger partial charge in [0, 0.05) is 5.92 Å². The van der Waals surface area contributed by atoms with Crippen molar-refractivity contribution in [1.82, 2.24) is 0 Å². The average molecular weight is 453 g/mol. The Morgan fingerprint density at radius 1 is 1.29 bits per heavy atom. The van der Waals surface area contributed by atoms with Crippen LogP contribution in [-0.4, -0.2) is 47.8 Å². The van der Waals surface area contributed by atoms with E-state index in [0.29, 0.717) is 18.4 Å². The molecule has 0 saturated heterocycles. The van der Waals surface area contributed by atoms with Crippen molar-refractivity contribution in [2.75, 3.05) is 13.7 Å². The Balaban J connectivity index is 1.68. The summed E-state index contributed by atoms with van der Waals surface area (Å²) in [6.45, 7) is -0.179. The Bertz CT molecular complexity index is 924. The second-order valence-electron chi connectivity index (χ2n) is 7.22. The molecular formula is C20H24NO9P. The number of rotatable bonds is 8. The predicted molar refractivity (Wildman–Crippen MR) is 107 cm³/mol. The molecule has 11 heteroatoms. The molecule has 0 bridgehead atoms. The molecule has 168 valence electrons. The number of carbonyl (C=O) groups is 2. The van der Waals surface area contributed by atoms with Gasteiger partial charge in [-0.2, -0.15) is 0 Å². The fraction of sp³-hybridized carbons (Fsp3) is 0.400. The molecule has 0 spiro atoms. The van der Waals surface area contributed by atoms with E-state index in [-0.39, 0.29) is 12.2 Å². The molecule has 0 radical (unpaired) electrons. The number of ether oxygens (including phenoxy) is 3. The number of fused-ring (bicyclic) bond motifs is 1. The molecule has 1 aliphatic heterocycles. The number of carbonyl (C=O) groups excluding carboxylic acids is 2. The summed E-state index contributed by atoms with van der Waals surface area (Å²) in [5.41, 5.74) is 7.54. The molecule has 10 nitrogen and oxygen atoms in total. The third-order valence-corrected chi connectivity index (χ3v) is 5.64. The molecule has 1 aliphatic carbocycles. The number of benzene rings is 1. The summed E-state index contributed by atoms with van der Waals surface area (Å²) < 4.78 is 31.5. The number of phosphoric acid groups is 1. The van der Waals surface area contributed by atoms with Crippen LogP contribution in [0, 0.1) is 11.8 Å². The van der Waals surface area contributed by atoms with E-state index in [1.54, 1.807) is 6.08 Å². The van der Waals surface area contributed by atoms with Crippen molar-refractivity contribution in [3.63, 3.8) is 0 Å². The first-order valence-corrected chi connectivity index (χ1v) is 11.1. The second-order valence-corrected chi connectivity index (χ2v) is 8.41. The van der Waals surface area contributed by atoms with Crippen molar-refractivity contribution in [2.24, 2.45) is 17.6 Å². The van der Waals surface area contributed by atoms with E-state index in [1.807, 2.05) is 30.3 Å². The van der Waals surface area contributed by atoms with Crippen molar-refractivity contribution in [1.29, 1.82) is 0 Å². The third-order valence-electron chi connectivity index (χ3n) is 5.16. The van der Waals surface area contributed by atoms with Crippen molar-refractivity contribution in [3.8, 4) is 0 Å². The van der Waals surface area contributed by atoms with Gasteiger partial charge in [-0.25, -0.2) is 13.9 Å². The standard InChI is InChI=1S/C20H24NO9P/c1-27-18(22)15-11-29-20(30-31(24,25)26)17-13(7-8-14(15)17)10-28-19(23)16(21)9-12-5-3-2-4-6-12/h2-7,11,14,16-17,20H,8-10,21H2,1H3,(H2,24,25,26)/t14-,16+,17-,20+/m1/s1. The maximum Gasteiger partial charge on any atom is 0.472 e. The second kappa shape index (κ2) is 9.76. The van der Waals surface area contributed by atoms with Gasteiger partial charge in [-0.15, -0.1) is 0 Å². The summed E-state index contributed by atoms with van der Waals surface area (Å²) in [6, 6.07) is 8.36. The molecule has 0 aromatic heterocycles. The van der Waals surface area contributed by atoms with E-state index in [1.165, 1.54) is 7.11 Å². The average Bonchev–Trinajstić information content (AvgIpc) is 3.16. The number of allylic oxidation sites excluding steroid dienone is 1. The number of methoxy groups -OCH3 is 1. The Kier molecular flexibility index (Phi) is 7.30. The summed E-state index contributed by atoms with van der Waals surface area (Å²) in [7, 11) is -3.66. The number of phosphoric ester groups is 1. The summed E-state index contributed by atoms with van der Waals surface area (Å²) in [4.78, 5) is 42.8. The van der Waals surface area contributed by atoms with E-state index in [0.717, 1.165) is 11.8 Å². The molecule has 1 aromatic carbocycles. The lowest BCUT2D eigenvalue weighted by molar-refractivity contribution is -0.146. The number of nitrogens with two attached hydrogens (primary N) is 1. The van der Waals surface area contributed by atoms with Crippen molar-refractivity contribution in [3.05, 3.63) is 59.4 Å². The van der Waals surface area contributed by atoms with Gasteiger partial charge in [-0.05, 0) is 24.0 Å². The maximum atomic E-state index is 12.3. The van der Waals surface area contributed by atoms with Crippen LogP contribution in [0.25, 0.3) is 0 Å². The zero-order valence-electron chi connectivity index (χ0n) is 16.7. The van der Waals surface area contributed by atoms with Gasteiger partial charge in [-0.3, -0.25) is 4.79 Å². The fourth-order valence-corrected chi connectivity index (χ4v) is 4.18. The number of esters is 2. The summed E-state index contributed by atoms with van der Waals surface area (Å²) in [5.74, 6) is -2.49. The minimum Gasteiger partial charge on any atom is -0.471 e. The van der Waals surface area contributed by atoms with Crippen molar-refractivity contribution in [2.45, 2.75) is 25.2 Å². The van der Waals surface area contributed by atoms with Gasteiger partial charge in [0.2, 0.25) is 6.29 Å². The van der Waals surface area contributed by atoms with Crippen LogP contribution in [0.2, 0.25) is 0 Å². The largest absolute Gasteiger partial charge is 0.472 e. The van der Waals surface area contributed by atoms with E-state index in [4.69, 9.17) is 24.5 Å². The maximum absolute atomic E-state index is 12.3. The molecule has 1 aromatic rings. The van der Waals surface area contributed by atoms with Gasteiger partial charge in [0.15, 0.2) is 0 Å². The quantitative estimate of drug-likeness (QED) is 0.297. The van der Waals surface area contributed by atoms with Crippen molar-refractivity contribution < 1.29 is 42.7 Å². The van der Waals surface area contributed by atoms with Gasteiger partial charge in [-0.1, -0.05) is 36.4 Å². The third kappa shape index (κ3) is 5.81. The van der Waals surface area contributed by atoms with Crippen LogP contribution in [0.15, 0.2) is 53.8 Å². The van der Waals surface area contributed by atoms with E-state index in [2.05, 4.69) is 0 Å². The molecular weight excluding hydrogens is 429 g/mol. The molecule has 4 atom stereocenters. The first kappa shape index (κ1) is 23.2. The Morgan fingerprint density at radius 3 is 2.65 bits per heavy atom. The van der Waals surface area contributed by atoms with E-state index < -0.39 is 43.9 Å². The molecule has 0 fully saturated rings.